The predicted molar refractivity (Wildman–Crippen MR) is 107 cm³/mol. The Morgan fingerprint density at radius 3 is 2.73 bits per heavy atom. The molecule has 6 nitrogen and oxygen atoms in total. The van der Waals surface area contributed by atoms with E-state index in [1.165, 1.54) is 5.00 Å². The molecule has 0 spiro atoms. The Bertz CT molecular complexity index is 984. The summed E-state index contributed by atoms with van der Waals surface area (Å²) in [4.78, 5) is 2.47. The molecule has 5 heterocycles. The third-order valence-electron chi connectivity index (χ3n) is 4.71. The van der Waals surface area contributed by atoms with Crippen LogP contribution in [0.5, 0.6) is 0 Å². The molecule has 1 aliphatic heterocycles. The van der Waals surface area contributed by atoms with Gasteiger partial charge in [0.15, 0.2) is 11.5 Å². The number of nitrogens with zero attached hydrogens (tertiary/aromatic N) is 5. The second-order valence-corrected chi connectivity index (χ2v) is 8.09. The Hall–Kier alpha value is -2.45. The van der Waals surface area contributed by atoms with Crippen LogP contribution in [0.2, 0.25) is 0 Å². The number of fused-ring (bicyclic) bond motifs is 1. The second-order valence-electron chi connectivity index (χ2n) is 6.38. The smallest absolute Gasteiger partial charge is 0.186 e. The molecule has 1 saturated heterocycles. The van der Waals surface area contributed by atoms with Crippen LogP contribution >= 0.6 is 22.7 Å². The summed E-state index contributed by atoms with van der Waals surface area (Å²) >= 11 is 3.46. The van der Waals surface area contributed by atoms with Crippen molar-refractivity contribution in [1.29, 1.82) is 0 Å². The lowest BCUT2D eigenvalue weighted by atomic mass is 10.1. The molecule has 0 bridgehead atoms. The highest BCUT2D eigenvalue weighted by molar-refractivity contribution is 7.14. The molecule has 4 aromatic heterocycles. The van der Waals surface area contributed by atoms with Gasteiger partial charge >= 0.3 is 0 Å². The summed E-state index contributed by atoms with van der Waals surface area (Å²) in [6.45, 7) is 2.15. The van der Waals surface area contributed by atoms with E-state index in [4.69, 9.17) is 5.10 Å². The molecule has 1 aliphatic rings. The van der Waals surface area contributed by atoms with Crippen molar-refractivity contribution in [3.63, 3.8) is 0 Å². The van der Waals surface area contributed by atoms with Gasteiger partial charge in [0, 0.05) is 30.1 Å². The van der Waals surface area contributed by atoms with Crippen molar-refractivity contribution in [2.24, 2.45) is 0 Å². The van der Waals surface area contributed by atoms with Gasteiger partial charge in [-0.2, -0.15) is 15.9 Å². The molecule has 0 radical (unpaired) electrons. The number of aromatic nitrogens is 4. The van der Waals surface area contributed by atoms with Crippen molar-refractivity contribution in [1.82, 2.24) is 19.8 Å². The van der Waals surface area contributed by atoms with Crippen LogP contribution in [-0.4, -0.2) is 38.9 Å². The summed E-state index contributed by atoms with van der Waals surface area (Å²) in [7, 11) is 0. The molecule has 132 valence electrons. The molecule has 0 aromatic carbocycles. The number of anilines is 2. The summed E-state index contributed by atoms with van der Waals surface area (Å²) in [5.74, 6) is 1.67. The second kappa shape index (κ2) is 6.69. The van der Waals surface area contributed by atoms with E-state index in [1.807, 2.05) is 39.4 Å². The van der Waals surface area contributed by atoms with Gasteiger partial charge in [-0.15, -0.1) is 26.6 Å². The Kier molecular flexibility index (Phi) is 4.06. The lowest BCUT2D eigenvalue weighted by Gasteiger charge is -2.33. The maximum atomic E-state index is 4.73. The summed E-state index contributed by atoms with van der Waals surface area (Å²) in [6, 6.07) is 10.8. The number of thiophene rings is 2. The molecule has 0 unspecified atom stereocenters. The number of hydrogen-bond acceptors (Lipinski definition) is 7. The first-order valence-electron chi connectivity index (χ1n) is 8.67. The van der Waals surface area contributed by atoms with Gasteiger partial charge in [0.2, 0.25) is 0 Å². The molecule has 1 fully saturated rings. The highest BCUT2D eigenvalue weighted by Gasteiger charge is 2.20. The molecule has 0 amide bonds. The molecule has 0 aliphatic carbocycles. The van der Waals surface area contributed by atoms with Crippen LogP contribution in [0, 0.1) is 0 Å². The third-order valence-corrected chi connectivity index (χ3v) is 6.32. The zero-order chi connectivity index (χ0) is 17.3. The molecule has 0 atom stereocenters. The largest absolute Gasteiger partial charge is 0.366 e. The topological polar surface area (TPSA) is 58.3 Å². The maximum Gasteiger partial charge on any atom is 0.186 e. The normalized spacial score (nSPS) is 15.6. The molecular formula is C18H18N6S2. The van der Waals surface area contributed by atoms with E-state index >= 15 is 0 Å². The maximum absolute atomic E-state index is 4.73. The number of hydrogen-bond donors (Lipinski definition) is 1. The van der Waals surface area contributed by atoms with Crippen molar-refractivity contribution in [2.45, 2.75) is 18.9 Å². The highest BCUT2D eigenvalue weighted by atomic mass is 32.1. The lowest BCUT2D eigenvalue weighted by molar-refractivity contribution is 0.526. The minimum atomic E-state index is 0.442. The summed E-state index contributed by atoms with van der Waals surface area (Å²) in [5.41, 5.74) is 1.82. The highest BCUT2D eigenvalue weighted by Crippen LogP contribution is 2.26. The fraction of sp³-hybridized carbons (Fsp3) is 0.278. The van der Waals surface area contributed by atoms with Crippen LogP contribution in [0.4, 0.5) is 10.8 Å². The van der Waals surface area contributed by atoms with E-state index < -0.39 is 0 Å². The minimum Gasteiger partial charge on any atom is -0.366 e. The van der Waals surface area contributed by atoms with E-state index in [0.717, 1.165) is 48.8 Å². The molecule has 5 rings (SSSR count). The molecule has 1 N–H and O–H groups in total. The fourth-order valence-electron chi connectivity index (χ4n) is 3.34. The number of rotatable bonds is 4. The Labute approximate surface area is 159 Å². The van der Waals surface area contributed by atoms with Crippen LogP contribution in [-0.2, 0) is 0 Å². The zero-order valence-electron chi connectivity index (χ0n) is 14.1. The van der Waals surface area contributed by atoms with Crippen LogP contribution in [0.3, 0.4) is 0 Å². The van der Waals surface area contributed by atoms with Crippen LogP contribution < -0.4 is 10.2 Å². The van der Waals surface area contributed by atoms with Gasteiger partial charge in [0.05, 0.1) is 5.00 Å². The van der Waals surface area contributed by atoms with Gasteiger partial charge in [-0.1, -0.05) is 0 Å². The van der Waals surface area contributed by atoms with Crippen molar-refractivity contribution >= 4 is 39.1 Å². The number of piperidine rings is 1. The van der Waals surface area contributed by atoms with Crippen LogP contribution in [0.25, 0.3) is 17.0 Å². The molecule has 4 aromatic rings. The Morgan fingerprint density at radius 1 is 1.04 bits per heavy atom. The molecule has 8 heteroatoms. The predicted octanol–water partition coefficient (Wildman–Crippen LogP) is 4.00. The first kappa shape index (κ1) is 15.8. The van der Waals surface area contributed by atoms with Gasteiger partial charge in [0.25, 0.3) is 0 Å². The van der Waals surface area contributed by atoms with Crippen LogP contribution in [0.1, 0.15) is 12.8 Å². The average Bonchev–Trinajstić information content (AvgIpc) is 3.43. The first-order chi connectivity index (χ1) is 12.9. The van der Waals surface area contributed by atoms with Gasteiger partial charge in [-0.05, 0) is 53.9 Å². The van der Waals surface area contributed by atoms with E-state index in [9.17, 15) is 0 Å². The monoisotopic (exact) mass is 382 g/mol. The lowest BCUT2D eigenvalue weighted by Crippen LogP contribution is -2.39. The minimum absolute atomic E-state index is 0.442. The Balaban J connectivity index is 1.32. The van der Waals surface area contributed by atoms with E-state index in [1.54, 1.807) is 11.3 Å². The van der Waals surface area contributed by atoms with Gasteiger partial charge < -0.3 is 10.2 Å². The average molecular weight is 383 g/mol. The van der Waals surface area contributed by atoms with Crippen molar-refractivity contribution in [3.05, 3.63) is 46.5 Å². The fourth-order valence-corrected chi connectivity index (χ4v) is 4.76. The van der Waals surface area contributed by atoms with Gasteiger partial charge in [0.1, 0.15) is 5.82 Å². The van der Waals surface area contributed by atoms with Crippen LogP contribution in [0.15, 0.2) is 46.5 Å². The van der Waals surface area contributed by atoms with Crippen molar-refractivity contribution in [3.8, 4) is 11.4 Å². The summed E-state index contributed by atoms with van der Waals surface area (Å²) in [6.07, 6.45) is 2.22. The Morgan fingerprint density at radius 2 is 1.96 bits per heavy atom. The van der Waals surface area contributed by atoms with Crippen molar-refractivity contribution in [2.75, 3.05) is 23.3 Å². The summed E-state index contributed by atoms with van der Waals surface area (Å²) < 4.78 is 1.82. The van der Waals surface area contributed by atoms with Gasteiger partial charge in [-0.3, -0.25) is 0 Å². The zero-order valence-corrected chi connectivity index (χ0v) is 15.7. The molecule has 26 heavy (non-hydrogen) atoms. The third kappa shape index (κ3) is 2.95. The van der Waals surface area contributed by atoms with Gasteiger partial charge in [-0.25, -0.2) is 0 Å². The molecule has 0 saturated carbocycles. The van der Waals surface area contributed by atoms with E-state index in [2.05, 4.69) is 43.3 Å². The SMILES string of the molecule is c1csc(N2CCC(Nc3ccc4nnc(-c5ccsc5)n4n3)CC2)c1. The molecular weight excluding hydrogens is 364 g/mol. The van der Waals surface area contributed by atoms with Crippen molar-refractivity contribution < 1.29 is 0 Å². The van der Waals surface area contributed by atoms with E-state index in [0.29, 0.717) is 6.04 Å². The summed E-state index contributed by atoms with van der Waals surface area (Å²) in [5, 5.41) is 24.5. The van der Waals surface area contributed by atoms with E-state index in [-0.39, 0.29) is 0 Å². The first-order valence-corrected chi connectivity index (χ1v) is 10.5. The standard InChI is InChI=1S/C18H18N6S2/c1-2-17(26-10-1)23-8-5-14(6-9-23)19-15-3-4-16-20-21-18(24(16)22-15)13-7-11-25-12-13/h1-4,7,10-12,14H,5-6,8-9H2,(H,19,22). The number of nitrogens with one attached hydrogen (secondary N) is 1. The quantitative estimate of drug-likeness (QED) is 0.578.